The molecular formula is C21H31N3O6S2. The van der Waals surface area contributed by atoms with Gasteiger partial charge in [0.05, 0.1) is 16.4 Å². The van der Waals surface area contributed by atoms with Crippen LogP contribution >= 0.6 is 0 Å². The summed E-state index contributed by atoms with van der Waals surface area (Å²) in [5, 5.41) is 0. The molecule has 2 amide bonds. The summed E-state index contributed by atoms with van der Waals surface area (Å²) < 4.78 is 50.7. The van der Waals surface area contributed by atoms with Crippen molar-refractivity contribution in [1.29, 1.82) is 0 Å². The van der Waals surface area contributed by atoms with Gasteiger partial charge in [0.25, 0.3) is 0 Å². The molecule has 0 aromatic heterocycles. The van der Waals surface area contributed by atoms with Crippen molar-refractivity contribution in [2.75, 3.05) is 44.7 Å². The first-order valence-electron chi connectivity index (χ1n) is 10.7. The van der Waals surface area contributed by atoms with Gasteiger partial charge in [-0.1, -0.05) is 12.1 Å². The predicted octanol–water partition coefficient (Wildman–Crippen LogP) is 0.562. The maximum atomic E-state index is 13.0. The van der Waals surface area contributed by atoms with Crippen LogP contribution in [0.4, 0.5) is 0 Å². The zero-order valence-electron chi connectivity index (χ0n) is 18.8. The van der Waals surface area contributed by atoms with Crippen molar-refractivity contribution in [2.45, 2.75) is 44.0 Å². The number of sulfone groups is 1. The Morgan fingerprint density at radius 3 is 2.34 bits per heavy atom. The Hall–Kier alpha value is -1.98. The summed E-state index contributed by atoms with van der Waals surface area (Å²) in [5.41, 5.74) is 1.56. The number of carbonyl (C=O) groups is 2. The van der Waals surface area contributed by atoms with Crippen LogP contribution in [0.15, 0.2) is 23.1 Å². The van der Waals surface area contributed by atoms with Crippen molar-refractivity contribution >= 4 is 31.7 Å². The second-order valence-corrected chi connectivity index (χ2v) is 12.8. The summed E-state index contributed by atoms with van der Waals surface area (Å²) in [4.78, 5) is 28.3. The molecule has 2 aliphatic heterocycles. The van der Waals surface area contributed by atoms with Crippen LogP contribution in [0.1, 0.15) is 30.4 Å². The molecule has 11 heteroatoms. The summed E-state index contributed by atoms with van der Waals surface area (Å²) in [6.07, 6.45) is 0.453. The molecule has 0 aliphatic carbocycles. The molecule has 2 saturated heterocycles. The van der Waals surface area contributed by atoms with Gasteiger partial charge in [-0.25, -0.2) is 16.8 Å². The minimum atomic E-state index is -3.63. The van der Waals surface area contributed by atoms with E-state index in [9.17, 15) is 26.4 Å². The SMILES string of the molecule is Cc1ccc(C)c(S(=O)(=O)N2CCN(C(=O)CCC(=O)N(C)C3CCS(=O)(=O)C3)CC2)c1. The fourth-order valence-corrected chi connectivity index (χ4v) is 7.64. The smallest absolute Gasteiger partial charge is 0.243 e. The highest BCUT2D eigenvalue weighted by molar-refractivity contribution is 7.91. The Labute approximate surface area is 190 Å². The summed E-state index contributed by atoms with van der Waals surface area (Å²) in [5.74, 6) is -0.394. The van der Waals surface area contributed by atoms with Crippen LogP contribution in [-0.4, -0.2) is 93.5 Å². The molecule has 2 fully saturated rings. The van der Waals surface area contributed by atoms with Crippen LogP contribution in [0.25, 0.3) is 0 Å². The minimum absolute atomic E-state index is 0.00683. The van der Waals surface area contributed by atoms with Gasteiger partial charge in [-0.3, -0.25) is 9.59 Å². The van der Waals surface area contributed by atoms with E-state index in [4.69, 9.17) is 0 Å². The third-order valence-electron chi connectivity index (χ3n) is 6.26. The Morgan fingerprint density at radius 1 is 1.09 bits per heavy atom. The van der Waals surface area contributed by atoms with Crippen LogP contribution in [0.2, 0.25) is 0 Å². The van der Waals surface area contributed by atoms with Crippen LogP contribution in [0, 0.1) is 13.8 Å². The van der Waals surface area contributed by atoms with E-state index < -0.39 is 19.9 Å². The molecule has 1 aromatic rings. The van der Waals surface area contributed by atoms with Crippen LogP contribution in [0.5, 0.6) is 0 Å². The highest BCUT2D eigenvalue weighted by Crippen LogP contribution is 2.23. The molecule has 2 aliphatic rings. The van der Waals surface area contributed by atoms with Crippen molar-refractivity contribution in [3.8, 4) is 0 Å². The predicted molar refractivity (Wildman–Crippen MR) is 120 cm³/mol. The van der Waals surface area contributed by atoms with E-state index >= 15 is 0 Å². The van der Waals surface area contributed by atoms with Gasteiger partial charge in [-0.2, -0.15) is 4.31 Å². The average molecular weight is 486 g/mol. The highest BCUT2D eigenvalue weighted by atomic mass is 32.2. The van der Waals surface area contributed by atoms with Gasteiger partial charge < -0.3 is 9.80 Å². The van der Waals surface area contributed by atoms with Crippen LogP contribution in [0.3, 0.4) is 0 Å². The molecule has 1 aromatic carbocycles. The first kappa shape index (κ1) is 24.7. The zero-order chi connectivity index (χ0) is 23.7. The number of rotatable bonds is 6. The van der Waals surface area contributed by atoms with Gasteiger partial charge in [0.15, 0.2) is 9.84 Å². The summed E-state index contributed by atoms with van der Waals surface area (Å²) >= 11 is 0. The lowest BCUT2D eigenvalue weighted by molar-refractivity contribution is -0.137. The molecule has 1 atom stereocenters. The third kappa shape index (κ3) is 5.49. The standard InChI is InChI=1S/C21H31N3O6S2/c1-16-4-5-17(2)19(14-16)32(29,30)24-11-9-23(10-12-24)21(26)7-6-20(25)22(3)18-8-13-31(27,28)15-18/h4-5,14,18H,6-13,15H2,1-3H3. The Balaban J connectivity index is 1.51. The van der Waals surface area contributed by atoms with E-state index in [0.717, 1.165) is 5.56 Å². The second-order valence-electron chi connectivity index (χ2n) is 8.62. The van der Waals surface area contributed by atoms with E-state index in [0.29, 0.717) is 16.9 Å². The second kappa shape index (κ2) is 9.48. The Bertz CT molecular complexity index is 1090. The van der Waals surface area contributed by atoms with Crippen LogP contribution < -0.4 is 0 Å². The third-order valence-corrected chi connectivity index (χ3v) is 10.0. The number of hydrogen-bond acceptors (Lipinski definition) is 6. The van der Waals surface area contributed by atoms with E-state index in [-0.39, 0.29) is 68.4 Å². The topological polar surface area (TPSA) is 112 Å². The fourth-order valence-electron chi connectivity index (χ4n) is 4.13. The average Bonchev–Trinajstić information content (AvgIpc) is 3.12. The van der Waals surface area contributed by atoms with Gasteiger partial charge in [-0.05, 0) is 37.5 Å². The quantitative estimate of drug-likeness (QED) is 0.582. The Morgan fingerprint density at radius 2 is 1.75 bits per heavy atom. The first-order chi connectivity index (χ1) is 14.9. The van der Waals surface area contributed by atoms with Gasteiger partial charge >= 0.3 is 0 Å². The number of aryl methyl sites for hydroxylation is 2. The molecule has 0 spiro atoms. The lowest BCUT2D eigenvalue weighted by Crippen LogP contribution is -2.50. The van der Waals surface area contributed by atoms with Crippen molar-refractivity contribution in [2.24, 2.45) is 0 Å². The van der Waals surface area contributed by atoms with Crippen molar-refractivity contribution in [1.82, 2.24) is 14.1 Å². The van der Waals surface area contributed by atoms with Gasteiger partial charge in [0.2, 0.25) is 21.8 Å². The molecule has 0 radical (unpaired) electrons. The monoisotopic (exact) mass is 485 g/mol. The molecule has 1 unspecified atom stereocenters. The van der Waals surface area contributed by atoms with E-state index in [1.807, 2.05) is 13.0 Å². The minimum Gasteiger partial charge on any atom is -0.342 e. The Kier molecular flexibility index (Phi) is 7.31. The lowest BCUT2D eigenvalue weighted by atomic mass is 10.2. The molecule has 2 heterocycles. The molecule has 32 heavy (non-hydrogen) atoms. The van der Waals surface area contributed by atoms with Crippen molar-refractivity contribution in [3.63, 3.8) is 0 Å². The first-order valence-corrected chi connectivity index (χ1v) is 14.0. The molecule has 3 rings (SSSR count). The maximum absolute atomic E-state index is 13.0. The normalized spacial score (nSPS) is 21.5. The van der Waals surface area contributed by atoms with Crippen molar-refractivity contribution < 1.29 is 26.4 Å². The molecular weight excluding hydrogens is 454 g/mol. The van der Waals surface area contributed by atoms with Crippen LogP contribution in [-0.2, 0) is 29.4 Å². The number of hydrogen-bond donors (Lipinski definition) is 0. The number of amides is 2. The number of benzene rings is 1. The highest BCUT2D eigenvalue weighted by Gasteiger charge is 2.34. The lowest BCUT2D eigenvalue weighted by Gasteiger charge is -2.34. The molecule has 9 nitrogen and oxygen atoms in total. The van der Waals surface area contributed by atoms with E-state index in [1.165, 1.54) is 9.21 Å². The van der Waals surface area contributed by atoms with E-state index in [1.54, 1.807) is 31.0 Å². The molecule has 0 N–H and O–H groups in total. The molecule has 0 bridgehead atoms. The zero-order valence-corrected chi connectivity index (χ0v) is 20.4. The van der Waals surface area contributed by atoms with Crippen molar-refractivity contribution in [3.05, 3.63) is 29.3 Å². The number of carbonyl (C=O) groups excluding carboxylic acids is 2. The maximum Gasteiger partial charge on any atom is 0.243 e. The molecule has 0 saturated carbocycles. The number of sulfonamides is 1. The summed E-state index contributed by atoms with van der Waals surface area (Å²) in [7, 11) is -5.14. The summed E-state index contributed by atoms with van der Waals surface area (Å²) in [6.45, 7) is 4.56. The largest absolute Gasteiger partial charge is 0.342 e. The molecule has 178 valence electrons. The van der Waals surface area contributed by atoms with E-state index in [2.05, 4.69) is 0 Å². The number of piperazine rings is 1. The number of nitrogens with zero attached hydrogens (tertiary/aromatic N) is 3. The van der Waals surface area contributed by atoms with Gasteiger partial charge in [0, 0.05) is 52.1 Å². The van der Waals surface area contributed by atoms with Gasteiger partial charge in [0.1, 0.15) is 0 Å². The fraction of sp³-hybridized carbons (Fsp3) is 0.619. The summed E-state index contributed by atoms with van der Waals surface area (Å²) in [6, 6.07) is 4.99. The van der Waals surface area contributed by atoms with Gasteiger partial charge in [-0.15, -0.1) is 0 Å².